The van der Waals surface area contributed by atoms with E-state index >= 15 is 0 Å². The van der Waals surface area contributed by atoms with E-state index in [1.165, 1.54) is 6.42 Å². The fraction of sp³-hybridized carbons (Fsp3) is 0.889. The molecule has 1 saturated carbocycles. The number of unbranched alkanes of at least 4 members (excludes halogenated alkanes) is 1. The lowest BCUT2D eigenvalue weighted by atomic mass is 9.67. The van der Waals surface area contributed by atoms with Gasteiger partial charge in [-0.1, -0.05) is 46.3 Å². The van der Waals surface area contributed by atoms with Crippen molar-refractivity contribution in [1.82, 2.24) is 15.0 Å². The summed E-state index contributed by atoms with van der Waals surface area (Å²) in [5, 5.41) is 9.13. The molecule has 1 aromatic heterocycles. The minimum Gasteiger partial charge on any atom is -0.460 e. The van der Waals surface area contributed by atoms with Crippen LogP contribution >= 0.6 is 22.6 Å². The third-order valence-corrected chi connectivity index (χ3v) is 8.35. The lowest BCUT2D eigenvalue weighted by molar-refractivity contribution is -0.155. The van der Waals surface area contributed by atoms with Crippen molar-refractivity contribution < 1.29 is 14.3 Å². The highest BCUT2D eigenvalue weighted by Gasteiger charge is 2.38. The minimum absolute atomic E-state index is 0.000947. The maximum Gasteiger partial charge on any atom is 0.306 e. The van der Waals surface area contributed by atoms with Crippen molar-refractivity contribution in [3.8, 4) is 0 Å². The van der Waals surface area contributed by atoms with Gasteiger partial charge in [0, 0.05) is 19.1 Å². The molecule has 0 radical (unpaired) electrons. The first-order valence-corrected chi connectivity index (χ1v) is 14.3. The first-order chi connectivity index (χ1) is 15.8. The lowest BCUT2D eigenvalue weighted by Gasteiger charge is -2.41. The van der Waals surface area contributed by atoms with Gasteiger partial charge in [0.15, 0.2) is 0 Å². The van der Waals surface area contributed by atoms with Crippen molar-refractivity contribution in [2.45, 2.75) is 124 Å². The number of aromatic nitrogens is 3. The van der Waals surface area contributed by atoms with Crippen LogP contribution in [0.5, 0.6) is 0 Å². The van der Waals surface area contributed by atoms with E-state index in [1.54, 1.807) is 0 Å². The van der Waals surface area contributed by atoms with Crippen molar-refractivity contribution in [2.24, 2.45) is 17.3 Å². The van der Waals surface area contributed by atoms with Crippen LogP contribution in [0.4, 0.5) is 0 Å². The van der Waals surface area contributed by atoms with E-state index in [2.05, 4.69) is 72.2 Å². The van der Waals surface area contributed by atoms with Crippen LogP contribution in [0.2, 0.25) is 0 Å². The third kappa shape index (κ3) is 9.07. The van der Waals surface area contributed by atoms with Crippen LogP contribution in [-0.2, 0) is 14.3 Å². The normalized spacial score (nSPS) is 19.8. The molecule has 7 heteroatoms. The zero-order chi connectivity index (χ0) is 25.5. The van der Waals surface area contributed by atoms with E-state index in [0.717, 1.165) is 60.4 Å². The summed E-state index contributed by atoms with van der Waals surface area (Å²) in [6, 6.07) is 0.417. The summed E-state index contributed by atoms with van der Waals surface area (Å²) >= 11 is 2.38. The maximum absolute atomic E-state index is 12.7. The molecule has 1 heterocycles. The Morgan fingerprint density at radius 2 is 1.79 bits per heavy atom. The molecule has 0 spiro atoms. The largest absolute Gasteiger partial charge is 0.460 e. The van der Waals surface area contributed by atoms with Gasteiger partial charge >= 0.3 is 5.97 Å². The molecule has 6 nitrogen and oxygen atoms in total. The molecule has 1 atom stereocenters. The van der Waals surface area contributed by atoms with Crippen molar-refractivity contribution in [1.29, 1.82) is 0 Å². The topological polar surface area (TPSA) is 66.2 Å². The Hall–Kier alpha value is -0.700. The summed E-state index contributed by atoms with van der Waals surface area (Å²) < 4.78 is 14.6. The summed E-state index contributed by atoms with van der Waals surface area (Å²) in [6.07, 6.45) is 7.89. The molecule has 34 heavy (non-hydrogen) atoms. The number of rotatable bonds is 14. The van der Waals surface area contributed by atoms with Gasteiger partial charge in [-0.2, -0.15) is 0 Å². The molecule has 1 aliphatic carbocycles. The van der Waals surface area contributed by atoms with Gasteiger partial charge in [0.1, 0.15) is 9.30 Å². The molecule has 0 bridgehead atoms. The number of carbonyl (C=O) groups is 1. The fourth-order valence-electron chi connectivity index (χ4n) is 4.52. The number of halogens is 1. The number of hydrogen-bond acceptors (Lipinski definition) is 5. The van der Waals surface area contributed by atoms with Crippen molar-refractivity contribution >= 4 is 28.6 Å². The minimum atomic E-state index is -0.486. The summed E-state index contributed by atoms with van der Waals surface area (Å²) in [4.78, 5) is 12.7. The Morgan fingerprint density at radius 3 is 2.38 bits per heavy atom. The van der Waals surface area contributed by atoms with Gasteiger partial charge in [0.25, 0.3) is 0 Å². The molecular weight excluding hydrogens is 541 g/mol. The Balaban J connectivity index is 2.02. The molecular formula is C27H48IN3O3. The predicted molar refractivity (Wildman–Crippen MR) is 146 cm³/mol. The maximum atomic E-state index is 12.7. The molecule has 2 rings (SSSR count). The van der Waals surface area contributed by atoms with E-state index < -0.39 is 5.60 Å². The van der Waals surface area contributed by atoms with Crippen LogP contribution in [-0.4, -0.2) is 39.8 Å². The first kappa shape index (κ1) is 29.5. The molecule has 0 saturated heterocycles. The van der Waals surface area contributed by atoms with Gasteiger partial charge < -0.3 is 9.47 Å². The first-order valence-electron chi connectivity index (χ1n) is 13.2. The molecule has 196 valence electrons. The Kier molecular flexibility index (Phi) is 11.3. The average Bonchev–Trinajstić information content (AvgIpc) is 3.05. The molecule has 0 aromatic carbocycles. The smallest absolute Gasteiger partial charge is 0.306 e. The SMILES string of the molecule is CCCCOCCC[C@@H](CC(=O)OC(C)(C)C)c1nnn([C@H]2C[C@@H](CC(C)(C)C(C)C)C2)c1I. The standard InChI is InChI=1S/C27H48IN3O3/c1-9-10-13-33-14-11-12-21(17-23(32)34-26(4,5)6)24-25(28)31(30-29-24)22-15-20(16-22)18-27(7,8)19(2)3/h19-22H,9-18H2,1-8H3/t20-,21-,22+/m0/s1. The van der Waals surface area contributed by atoms with Gasteiger partial charge in [-0.15, -0.1) is 5.10 Å². The zero-order valence-corrected chi connectivity index (χ0v) is 25.0. The van der Waals surface area contributed by atoms with Gasteiger partial charge in [0.2, 0.25) is 0 Å². The second-order valence-electron chi connectivity index (χ2n) is 12.1. The second-order valence-corrected chi connectivity index (χ2v) is 13.2. The van der Waals surface area contributed by atoms with Gasteiger partial charge in [-0.3, -0.25) is 4.79 Å². The highest BCUT2D eigenvalue weighted by Crippen LogP contribution is 2.46. The average molecular weight is 590 g/mol. The second kappa shape index (κ2) is 13.0. The lowest BCUT2D eigenvalue weighted by Crippen LogP contribution is -2.33. The summed E-state index contributed by atoms with van der Waals surface area (Å²) in [7, 11) is 0. The van der Waals surface area contributed by atoms with Crippen molar-refractivity contribution in [2.75, 3.05) is 13.2 Å². The molecule has 1 aromatic rings. The Morgan fingerprint density at radius 1 is 1.15 bits per heavy atom. The van der Waals surface area contributed by atoms with E-state index in [9.17, 15) is 4.79 Å². The van der Waals surface area contributed by atoms with Crippen molar-refractivity contribution in [3.63, 3.8) is 0 Å². The predicted octanol–water partition coefficient (Wildman–Crippen LogP) is 7.32. The number of hydrogen-bond donors (Lipinski definition) is 0. The van der Waals surface area contributed by atoms with E-state index in [1.807, 2.05) is 20.8 Å². The Labute approximate surface area is 221 Å². The number of ether oxygens (including phenoxy) is 2. The van der Waals surface area contributed by atoms with E-state index in [4.69, 9.17) is 9.47 Å². The summed E-state index contributed by atoms with van der Waals surface area (Å²) in [6.45, 7) is 18.8. The quantitative estimate of drug-likeness (QED) is 0.129. The molecule has 0 aliphatic heterocycles. The molecule has 0 unspecified atom stereocenters. The zero-order valence-electron chi connectivity index (χ0n) is 22.8. The molecule has 0 amide bonds. The fourth-order valence-corrected chi connectivity index (χ4v) is 5.56. The number of nitrogens with zero attached hydrogens (tertiary/aromatic N) is 3. The molecule has 0 N–H and O–H groups in total. The molecule has 1 fully saturated rings. The highest BCUT2D eigenvalue weighted by molar-refractivity contribution is 14.1. The molecule has 1 aliphatic rings. The van der Waals surface area contributed by atoms with Crippen LogP contribution in [0.15, 0.2) is 0 Å². The summed E-state index contributed by atoms with van der Waals surface area (Å²) in [5.74, 6) is 1.27. The van der Waals surface area contributed by atoms with Crippen LogP contribution in [0.3, 0.4) is 0 Å². The van der Waals surface area contributed by atoms with E-state index in [0.29, 0.717) is 30.4 Å². The van der Waals surface area contributed by atoms with Gasteiger partial charge in [0.05, 0.1) is 18.2 Å². The number of esters is 1. The Bertz CT molecular complexity index is 764. The van der Waals surface area contributed by atoms with Crippen LogP contribution in [0.1, 0.15) is 124 Å². The summed E-state index contributed by atoms with van der Waals surface area (Å²) in [5.41, 5.74) is 0.819. The van der Waals surface area contributed by atoms with Crippen LogP contribution < -0.4 is 0 Å². The number of carbonyl (C=O) groups excluding carboxylic acids is 1. The third-order valence-electron chi connectivity index (χ3n) is 7.30. The highest BCUT2D eigenvalue weighted by atomic mass is 127. The van der Waals surface area contributed by atoms with Crippen LogP contribution in [0.25, 0.3) is 0 Å². The van der Waals surface area contributed by atoms with Crippen molar-refractivity contribution in [3.05, 3.63) is 9.39 Å². The monoisotopic (exact) mass is 589 g/mol. The van der Waals surface area contributed by atoms with Gasteiger partial charge in [-0.25, -0.2) is 4.68 Å². The van der Waals surface area contributed by atoms with E-state index in [-0.39, 0.29) is 11.9 Å². The van der Waals surface area contributed by atoms with Gasteiger partial charge in [-0.05, 0) is 99.1 Å². The van der Waals surface area contributed by atoms with Crippen LogP contribution in [0, 0.1) is 21.0 Å².